The van der Waals surface area contributed by atoms with E-state index in [9.17, 15) is 14.0 Å². The molecule has 0 aromatic carbocycles. The highest BCUT2D eigenvalue weighted by molar-refractivity contribution is 7.09. The minimum Gasteiger partial charge on any atom is -0.349 e. The van der Waals surface area contributed by atoms with Crippen molar-refractivity contribution in [3.63, 3.8) is 0 Å². The van der Waals surface area contributed by atoms with E-state index < -0.39 is 11.7 Å². The van der Waals surface area contributed by atoms with Crippen molar-refractivity contribution in [2.24, 2.45) is 34.5 Å². The molecule has 1 N–H and O–H groups in total. The number of fused-ring (bicyclic) bond motifs is 5. The molecule has 4 aliphatic rings. The summed E-state index contributed by atoms with van der Waals surface area (Å²) in [4.78, 5) is 31.3. The Kier molecular flexibility index (Phi) is 5.03. The Labute approximate surface area is 187 Å². The zero-order chi connectivity index (χ0) is 22.0. The molecule has 0 unspecified atom stereocenters. The fourth-order valence-corrected chi connectivity index (χ4v) is 8.44. The summed E-state index contributed by atoms with van der Waals surface area (Å²) >= 11 is 1.56. The Hall–Kier alpha value is -1.76. The van der Waals surface area contributed by atoms with Gasteiger partial charge in [-0.1, -0.05) is 13.8 Å². The largest absolute Gasteiger partial charge is 0.349 e. The van der Waals surface area contributed by atoms with Crippen LogP contribution >= 0.6 is 11.3 Å². The average molecular weight is 446 g/mol. The summed E-state index contributed by atoms with van der Waals surface area (Å²) in [6.07, 6.45) is 9.36. The number of halogens is 1. The number of thiazole rings is 1. The third-order valence-corrected chi connectivity index (χ3v) is 10.2. The monoisotopic (exact) mass is 445 g/mol. The number of rotatable bonds is 3. The van der Waals surface area contributed by atoms with Gasteiger partial charge >= 0.3 is 0 Å². The van der Waals surface area contributed by atoms with Crippen LogP contribution in [0.15, 0.2) is 23.5 Å². The van der Waals surface area contributed by atoms with Gasteiger partial charge in [-0.2, -0.15) is 0 Å². The number of hydrogen-bond acceptors (Lipinski definition) is 4. The molecule has 1 aliphatic heterocycles. The number of hydrogen-bond donors (Lipinski definition) is 1. The van der Waals surface area contributed by atoms with Crippen molar-refractivity contribution in [3.8, 4) is 0 Å². The van der Waals surface area contributed by atoms with Crippen LogP contribution in [0, 0.1) is 34.5 Å². The van der Waals surface area contributed by atoms with Crippen molar-refractivity contribution >= 4 is 23.2 Å². The Bertz CT molecular complexity index is 918. The van der Waals surface area contributed by atoms with Crippen LogP contribution in [0.5, 0.6) is 0 Å². The molecular formula is C24H32FN3O2S. The number of nitrogens with zero attached hydrogens (tertiary/aromatic N) is 2. The first kappa shape index (κ1) is 21.1. The van der Waals surface area contributed by atoms with Crippen LogP contribution in [0.25, 0.3) is 0 Å². The van der Waals surface area contributed by atoms with Crippen LogP contribution in [0.3, 0.4) is 0 Å². The number of nitrogens with one attached hydrogen (secondary N) is 1. The molecule has 7 atom stereocenters. The van der Waals surface area contributed by atoms with Crippen molar-refractivity contribution in [1.29, 1.82) is 0 Å². The van der Waals surface area contributed by atoms with Gasteiger partial charge < -0.3 is 10.2 Å². The maximum atomic E-state index is 14.5. The normalized spacial score (nSPS) is 41.8. The van der Waals surface area contributed by atoms with Crippen molar-refractivity contribution in [1.82, 2.24) is 15.2 Å². The molecule has 7 heteroatoms. The van der Waals surface area contributed by atoms with Crippen LogP contribution in [0.1, 0.15) is 57.4 Å². The van der Waals surface area contributed by atoms with Gasteiger partial charge in [-0.25, -0.2) is 9.37 Å². The van der Waals surface area contributed by atoms with Crippen LogP contribution in [-0.2, 0) is 16.1 Å². The van der Waals surface area contributed by atoms with Crippen LogP contribution < -0.4 is 5.32 Å². The molecule has 31 heavy (non-hydrogen) atoms. The number of likely N-dealkylation sites (N-methyl/N-ethyl adjacent to an activating group) is 1. The van der Waals surface area contributed by atoms with E-state index in [4.69, 9.17) is 0 Å². The van der Waals surface area contributed by atoms with E-state index in [1.165, 1.54) is 0 Å². The molecule has 1 aromatic rings. The van der Waals surface area contributed by atoms with Gasteiger partial charge in [-0.3, -0.25) is 9.59 Å². The van der Waals surface area contributed by atoms with E-state index in [0.29, 0.717) is 24.3 Å². The molecule has 0 bridgehead atoms. The van der Waals surface area contributed by atoms with E-state index in [1.54, 1.807) is 35.6 Å². The first-order valence-electron chi connectivity index (χ1n) is 11.6. The lowest BCUT2D eigenvalue weighted by molar-refractivity contribution is -0.145. The van der Waals surface area contributed by atoms with E-state index >= 15 is 0 Å². The number of amides is 2. The van der Waals surface area contributed by atoms with Crippen LogP contribution in [0.2, 0.25) is 0 Å². The van der Waals surface area contributed by atoms with Gasteiger partial charge in [0.15, 0.2) is 5.83 Å². The van der Waals surface area contributed by atoms with Crippen LogP contribution in [-0.4, -0.2) is 34.8 Å². The highest BCUT2D eigenvalue weighted by atomic mass is 32.1. The molecule has 0 spiro atoms. The summed E-state index contributed by atoms with van der Waals surface area (Å²) in [7, 11) is 1.75. The van der Waals surface area contributed by atoms with Crippen LogP contribution in [0.4, 0.5) is 4.39 Å². The second-order valence-electron chi connectivity index (χ2n) is 10.6. The fraction of sp³-hybridized carbons (Fsp3) is 0.708. The summed E-state index contributed by atoms with van der Waals surface area (Å²) in [6.45, 7) is 4.98. The van der Waals surface area contributed by atoms with E-state index in [1.807, 2.05) is 5.38 Å². The maximum Gasteiger partial charge on any atom is 0.282 e. The summed E-state index contributed by atoms with van der Waals surface area (Å²) in [6, 6.07) is 0.0731. The molecule has 3 aliphatic carbocycles. The number of aromatic nitrogens is 1. The second kappa shape index (κ2) is 7.39. The van der Waals surface area contributed by atoms with E-state index in [-0.39, 0.29) is 28.7 Å². The highest BCUT2D eigenvalue weighted by Crippen LogP contribution is 2.65. The molecule has 3 saturated carbocycles. The Balaban J connectivity index is 1.36. The summed E-state index contributed by atoms with van der Waals surface area (Å²) < 4.78 is 14.5. The zero-order valence-electron chi connectivity index (χ0n) is 18.6. The molecule has 5 nitrogen and oxygen atoms in total. The van der Waals surface area contributed by atoms with Gasteiger partial charge in [-0.05, 0) is 67.8 Å². The average Bonchev–Trinajstić information content (AvgIpc) is 3.37. The number of carbonyl (C=O) groups is 2. The van der Waals surface area contributed by atoms with Gasteiger partial charge in [0.2, 0.25) is 5.91 Å². The molecule has 0 saturated heterocycles. The summed E-state index contributed by atoms with van der Waals surface area (Å²) in [5.74, 6) is 0.462. The summed E-state index contributed by atoms with van der Waals surface area (Å²) in [5.41, 5.74) is -0.321. The molecule has 5 rings (SSSR count). The van der Waals surface area contributed by atoms with Gasteiger partial charge in [0.05, 0.1) is 6.54 Å². The molecule has 2 heterocycles. The van der Waals surface area contributed by atoms with E-state index in [0.717, 1.165) is 43.5 Å². The van der Waals surface area contributed by atoms with Gasteiger partial charge in [0, 0.05) is 36.0 Å². The maximum absolute atomic E-state index is 14.5. The smallest absolute Gasteiger partial charge is 0.282 e. The minimum atomic E-state index is -0.596. The lowest BCUT2D eigenvalue weighted by Crippen LogP contribution is -2.60. The molecule has 168 valence electrons. The predicted octanol–water partition coefficient (Wildman–Crippen LogP) is 4.31. The molecular weight excluding hydrogens is 413 g/mol. The molecule has 2 amide bonds. The van der Waals surface area contributed by atoms with Gasteiger partial charge in [0.25, 0.3) is 5.91 Å². The predicted molar refractivity (Wildman–Crippen MR) is 118 cm³/mol. The summed E-state index contributed by atoms with van der Waals surface area (Å²) in [5, 5.41) is 6.00. The first-order chi connectivity index (χ1) is 14.8. The molecule has 0 radical (unpaired) electrons. The van der Waals surface area contributed by atoms with Crippen molar-refractivity contribution in [3.05, 3.63) is 28.5 Å². The Morgan fingerprint density at radius 3 is 2.81 bits per heavy atom. The molecule has 3 fully saturated rings. The minimum absolute atomic E-state index is 0.00400. The van der Waals surface area contributed by atoms with Crippen molar-refractivity contribution < 1.29 is 14.0 Å². The first-order valence-corrected chi connectivity index (χ1v) is 12.5. The third kappa shape index (κ3) is 3.10. The SMILES string of the molecule is CN1C(=O)C(F)=C[C@]2(C)[C@H]3CC[C@]4(C)[C@@H](C(=O)NCc5nccs5)CC[C@H]4[C@@H]3CC[C@@H]12. The van der Waals surface area contributed by atoms with Gasteiger partial charge in [0.1, 0.15) is 5.01 Å². The second-order valence-corrected chi connectivity index (χ2v) is 11.5. The lowest BCUT2D eigenvalue weighted by atomic mass is 9.47. The quantitative estimate of drug-likeness (QED) is 0.754. The van der Waals surface area contributed by atoms with Crippen molar-refractivity contribution in [2.45, 2.75) is 65.0 Å². The third-order valence-electron chi connectivity index (χ3n) is 9.37. The lowest BCUT2D eigenvalue weighted by Gasteiger charge is -2.60. The van der Waals surface area contributed by atoms with Crippen molar-refractivity contribution in [2.75, 3.05) is 7.05 Å². The Morgan fingerprint density at radius 2 is 2.06 bits per heavy atom. The van der Waals surface area contributed by atoms with E-state index in [2.05, 4.69) is 24.1 Å². The highest BCUT2D eigenvalue weighted by Gasteiger charge is 2.62. The number of carbonyl (C=O) groups excluding carboxylic acids is 2. The standard InChI is InChI=1S/C24H32FN3O2S/c1-23-9-8-16-14(4-7-19-24(16,2)12-18(25)22(30)28(19)3)15(23)5-6-17(23)21(29)27-13-20-26-10-11-31-20/h10-12,14-17,19H,4-9,13H2,1-3H3,(H,27,29)/t14-,15-,16-,17+,19+,23-,24+/m0/s1. The van der Waals surface area contributed by atoms with Gasteiger partial charge in [-0.15, -0.1) is 11.3 Å². The molecule has 1 aromatic heterocycles. The Morgan fingerprint density at radius 1 is 1.26 bits per heavy atom. The zero-order valence-corrected chi connectivity index (χ0v) is 19.4. The fourth-order valence-electron chi connectivity index (χ4n) is 7.89. The topological polar surface area (TPSA) is 62.3 Å².